The van der Waals surface area contributed by atoms with Gasteiger partial charge < -0.3 is 53.6 Å². The van der Waals surface area contributed by atoms with E-state index in [2.05, 4.69) is 24.5 Å². The van der Waals surface area contributed by atoms with Gasteiger partial charge in [-0.25, -0.2) is 24.0 Å². The Morgan fingerprint density at radius 1 is 0.506 bits per heavy atom. The van der Waals surface area contributed by atoms with Gasteiger partial charge in [0, 0.05) is 16.7 Å². The van der Waals surface area contributed by atoms with E-state index in [-0.39, 0.29) is 97.3 Å². The van der Waals surface area contributed by atoms with Crippen LogP contribution in [0.1, 0.15) is 153 Å². The maximum atomic E-state index is 12.6. The molecule has 462 valence electrons. The summed E-state index contributed by atoms with van der Waals surface area (Å²) in [5.41, 5.74) is -8.43. The molecule has 0 saturated heterocycles. The van der Waals surface area contributed by atoms with Crippen LogP contribution in [0.25, 0.3) is 0 Å². The van der Waals surface area contributed by atoms with Crippen molar-refractivity contribution in [2.45, 2.75) is 212 Å². The van der Waals surface area contributed by atoms with Crippen molar-refractivity contribution in [1.29, 1.82) is 0 Å². The largest absolute Gasteiger partial charge is 1.00 e. The summed E-state index contributed by atoms with van der Waals surface area (Å²) >= 11 is 15.0. The van der Waals surface area contributed by atoms with Crippen molar-refractivity contribution < 1.29 is 143 Å². The molecule has 0 aromatic carbocycles. The molecular formula is C53H78Cl3F6NaO18. The van der Waals surface area contributed by atoms with Crippen molar-refractivity contribution in [3.63, 3.8) is 0 Å². The fourth-order valence-electron chi connectivity index (χ4n) is 7.70. The number of halogens is 9. The molecule has 0 heterocycles. The molecule has 28 heteroatoms. The van der Waals surface area contributed by atoms with Crippen molar-refractivity contribution in [3.05, 3.63) is 36.5 Å². The predicted molar refractivity (Wildman–Crippen MR) is 278 cm³/mol. The topological polar surface area (TPSA) is 276 Å². The van der Waals surface area contributed by atoms with Crippen LogP contribution < -0.4 is 34.7 Å². The molecule has 3 aliphatic rings. The molecule has 0 bridgehead atoms. The number of hydrogen-bond donors (Lipinski definition) is 3. The number of carboxylic acids is 1. The monoisotopic (exact) mass is 1240 g/mol. The molecule has 0 aromatic rings. The van der Waals surface area contributed by atoms with Gasteiger partial charge in [0.25, 0.3) is 5.60 Å². The molecule has 0 spiro atoms. The Balaban J connectivity index is -0.00000102. The molecule has 0 aliphatic heterocycles. The second-order valence-electron chi connectivity index (χ2n) is 21.4. The van der Waals surface area contributed by atoms with Crippen LogP contribution in [0.3, 0.4) is 0 Å². The third kappa shape index (κ3) is 30.8. The number of carbonyl (C=O) groups is 8. The van der Waals surface area contributed by atoms with E-state index < -0.39 is 82.1 Å². The number of rotatable bonds is 17. The first-order valence-electron chi connectivity index (χ1n) is 25.1. The molecule has 0 radical (unpaired) electrons. The minimum Gasteiger partial charge on any atom is -0.547 e. The van der Waals surface area contributed by atoms with Crippen molar-refractivity contribution in [3.8, 4) is 0 Å². The van der Waals surface area contributed by atoms with Crippen LogP contribution in [0, 0.1) is 17.8 Å². The van der Waals surface area contributed by atoms with Gasteiger partial charge in [0.2, 0.25) is 5.24 Å². The molecule has 3 rings (SSSR count). The Morgan fingerprint density at radius 3 is 0.988 bits per heavy atom. The van der Waals surface area contributed by atoms with Crippen LogP contribution >= 0.6 is 34.8 Å². The molecule has 18 nitrogen and oxygen atoms in total. The summed E-state index contributed by atoms with van der Waals surface area (Å²) in [5.74, 6) is -6.80. The van der Waals surface area contributed by atoms with Gasteiger partial charge >= 0.3 is 77.7 Å². The van der Waals surface area contributed by atoms with Crippen LogP contribution in [-0.2, 0) is 66.8 Å². The zero-order valence-electron chi connectivity index (χ0n) is 48.1. The Morgan fingerprint density at radius 2 is 0.778 bits per heavy atom. The number of carbonyl (C=O) groups excluding carboxylic acids is 8. The molecular weight excluding hydrogens is 1170 g/mol. The summed E-state index contributed by atoms with van der Waals surface area (Å²) in [7, 11) is 0. The molecule has 0 amide bonds. The predicted octanol–water partition coefficient (Wildman–Crippen LogP) is 5.55. The summed E-state index contributed by atoms with van der Waals surface area (Å²) in [4.78, 5) is 88.0. The van der Waals surface area contributed by atoms with Crippen LogP contribution in [0.2, 0.25) is 0 Å². The average molecular weight is 1250 g/mol. The van der Waals surface area contributed by atoms with E-state index in [1.807, 2.05) is 27.7 Å². The maximum absolute atomic E-state index is 12.6. The van der Waals surface area contributed by atoms with Crippen LogP contribution in [0.5, 0.6) is 0 Å². The van der Waals surface area contributed by atoms with Crippen LogP contribution in [0.4, 0.5) is 26.3 Å². The van der Waals surface area contributed by atoms with E-state index in [9.17, 15) is 80.0 Å². The Hall–Kier alpha value is -3.49. The minimum atomic E-state index is -5.24. The number of esters is 6. The normalized spacial score (nSPS) is 21.5. The Kier molecular flexibility index (Phi) is 36.0. The van der Waals surface area contributed by atoms with Gasteiger partial charge in [0.05, 0.1) is 17.5 Å². The fourth-order valence-corrected chi connectivity index (χ4v) is 7.76. The molecule has 3 N–H and O–H groups in total. The van der Waals surface area contributed by atoms with Gasteiger partial charge in [-0.05, 0) is 183 Å². The first-order chi connectivity index (χ1) is 36.1. The van der Waals surface area contributed by atoms with Crippen LogP contribution in [-0.4, -0.2) is 139 Å². The van der Waals surface area contributed by atoms with Gasteiger partial charge in [-0.1, -0.05) is 19.7 Å². The second-order valence-corrected chi connectivity index (χ2v) is 22.4. The second kappa shape index (κ2) is 35.7. The number of aliphatic carboxylic acids is 1. The summed E-state index contributed by atoms with van der Waals surface area (Å²) in [6, 6.07) is 0. The number of carboxylic acid groups (broad SMARTS) is 1. The number of ether oxygens (including phenoxy) is 6. The number of aliphatic hydroxyl groups is 3. The quantitative estimate of drug-likeness (QED) is 0.0306. The molecule has 81 heavy (non-hydrogen) atoms. The molecule has 3 fully saturated rings. The van der Waals surface area contributed by atoms with E-state index in [0.717, 1.165) is 51.4 Å². The van der Waals surface area contributed by atoms with Crippen molar-refractivity contribution in [2.75, 3.05) is 18.4 Å². The van der Waals surface area contributed by atoms with Gasteiger partial charge in [0.1, 0.15) is 35.4 Å². The van der Waals surface area contributed by atoms with Crippen LogP contribution in [0.15, 0.2) is 36.5 Å². The fraction of sp³-hybridized carbons (Fsp3) is 0.736. The summed E-state index contributed by atoms with van der Waals surface area (Å²) in [6.45, 7) is 25.6. The first-order valence-corrected chi connectivity index (χ1v) is 26.6. The third-order valence-electron chi connectivity index (χ3n) is 13.0. The summed E-state index contributed by atoms with van der Waals surface area (Å²) < 4.78 is 103. The van der Waals surface area contributed by atoms with E-state index in [1.165, 1.54) is 0 Å². The summed E-state index contributed by atoms with van der Waals surface area (Å²) in [6.07, 6.45) is -1.63. The van der Waals surface area contributed by atoms with E-state index in [1.54, 1.807) is 34.6 Å². The minimum absolute atomic E-state index is 0. The molecule has 3 saturated carbocycles. The van der Waals surface area contributed by atoms with Gasteiger partial charge in [-0.2, -0.15) is 26.3 Å². The van der Waals surface area contributed by atoms with Gasteiger partial charge in [-0.15, -0.1) is 23.2 Å². The Bertz CT molecular complexity index is 2120. The molecule has 2 atom stereocenters. The third-order valence-corrected chi connectivity index (χ3v) is 13.8. The van der Waals surface area contributed by atoms with E-state index >= 15 is 0 Å². The van der Waals surface area contributed by atoms with E-state index in [4.69, 9.17) is 63.6 Å². The van der Waals surface area contributed by atoms with E-state index in [0.29, 0.717) is 48.3 Å². The standard InChI is InChI=1S/C19H27F3O7.C15H23ClO4.C13H22O3.C4H5F3O3.C2H2Cl2O.Na/c1-11(2)15(24)28-13-8-6-12(7-9-13)17(3,4)29-14(23)10-27-16(25)18(5,26)19(20,21)22;1-10(2)14(18)19-12-7-5-11(6-8-12)15(3,4)20-13(17)9-16;1-9(2)12(14)16-11-7-5-10(6-8-11)13(3,4)15;1-3(10,2(8)9)4(5,6)7;3-1-2(4)5;/h12-13,26H,1,6-10H2,2-5H3;11-12H,1,5-9H2,2-4H3;10-11,15H,1,5-8H2,2-4H3;10H,1H3,(H,8,9);1H2;/q;;;;;+1/p-1. The number of alkyl halides is 8. The Labute approximate surface area is 506 Å². The number of hydrogen-bond acceptors (Lipinski definition) is 18. The SMILES string of the molecule is C=C(C)C(=O)OC1CCC(C(C)(C)O)CC1.C=C(C)C(=O)OC1CCC(C(C)(C)OC(=O)CCl)CC1.C=C(C)C(=O)OC1CCC(C(C)(C)OC(=O)COC(=O)C(C)(O)C(F)(F)F)CC1.CC(O)(C(=O)[O-])C(F)(F)F.O=C(Cl)CCl.[Na+]. The van der Waals surface area contributed by atoms with Crippen molar-refractivity contribution >= 4 is 81.8 Å². The molecule has 0 aromatic heterocycles. The first kappa shape index (κ1) is 81.7. The van der Waals surface area contributed by atoms with Gasteiger partial charge in [0.15, 0.2) is 12.2 Å². The molecule has 3 aliphatic carbocycles. The zero-order chi connectivity index (χ0) is 63.2. The van der Waals surface area contributed by atoms with Crippen molar-refractivity contribution in [2.24, 2.45) is 17.8 Å². The van der Waals surface area contributed by atoms with Crippen molar-refractivity contribution in [1.82, 2.24) is 0 Å². The van der Waals surface area contributed by atoms with Gasteiger partial charge in [-0.3, -0.25) is 9.59 Å². The smallest absolute Gasteiger partial charge is 0.547 e. The molecule has 2 unspecified atom stereocenters. The summed E-state index contributed by atoms with van der Waals surface area (Å²) in [5, 5.41) is 36.3. The average Bonchev–Trinajstić information content (AvgIpc) is 3.33. The zero-order valence-corrected chi connectivity index (χ0v) is 52.3. The maximum Gasteiger partial charge on any atom is 1.00 e.